The fourth-order valence-electron chi connectivity index (χ4n) is 5.16. The number of fused-ring (bicyclic) bond motifs is 3. The number of carboxylic acid groups (broad SMARTS) is 1. The fraction of sp³-hybridized carbons (Fsp3) is 0.423. The Morgan fingerprint density at radius 2 is 1.71 bits per heavy atom. The minimum atomic E-state index is -0.857. The molecule has 2 heterocycles. The molecule has 3 atom stereocenters. The fourth-order valence-corrected chi connectivity index (χ4v) is 5.16. The van der Waals surface area contributed by atoms with E-state index in [0.717, 1.165) is 22.3 Å². The lowest BCUT2D eigenvalue weighted by Crippen LogP contribution is -2.59. The molecule has 0 bridgehead atoms. The van der Waals surface area contributed by atoms with Crippen LogP contribution in [0.15, 0.2) is 48.5 Å². The molecule has 3 aliphatic rings. The van der Waals surface area contributed by atoms with Gasteiger partial charge < -0.3 is 24.8 Å². The van der Waals surface area contributed by atoms with Crippen LogP contribution in [-0.4, -0.2) is 66.4 Å². The second kappa shape index (κ2) is 9.10. The van der Waals surface area contributed by atoms with E-state index in [9.17, 15) is 14.4 Å². The number of benzene rings is 2. The number of aliphatic carboxylic acids is 1. The maximum atomic E-state index is 12.9. The molecule has 2 amide bonds. The second-order valence-electron chi connectivity index (χ2n) is 9.29. The van der Waals surface area contributed by atoms with E-state index >= 15 is 0 Å². The quantitative estimate of drug-likeness (QED) is 0.681. The number of alkyl carbamates (subject to hydrolysis) is 1. The Labute approximate surface area is 197 Å². The minimum absolute atomic E-state index is 0.0374. The van der Waals surface area contributed by atoms with Gasteiger partial charge in [-0.25, -0.2) is 4.79 Å². The molecule has 0 aromatic heterocycles. The van der Waals surface area contributed by atoms with E-state index in [0.29, 0.717) is 26.1 Å². The van der Waals surface area contributed by atoms with Gasteiger partial charge in [0.05, 0.1) is 12.0 Å². The molecule has 1 aliphatic carbocycles. The molecule has 5 rings (SSSR count). The standard InChI is InChI=1S/C26H28N2O6/c1-15(25(30)31)16-12-28(13-16)24(29)23-22(10-11-33-23)27-26(32)34-14-21-19-8-4-2-6-17(19)18-7-3-5-9-20(18)21/h2-9,15-16,21-23H,10-14H2,1H3,(H,27,32)(H,30,31)/t15?,22-,23+/m0/s1. The highest BCUT2D eigenvalue weighted by atomic mass is 16.6. The number of carbonyl (C=O) groups excluding carboxylic acids is 2. The van der Waals surface area contributed by atoms with Crippen LogP contribution < -0.4 is 5.32 Å². The molecule has 34 heavy (non-hydrogen) atoms. The number of nitrogens with zero attached hydrogens (tertiary/aromatic N) is 1. The zero-order chi connectivity index (χ0) is 23.8. The number of amides is 2. The maximum Gasteiger partial charge on any atom is 0.407 e. The van der Waals surface area contributed by atoms with Crippen molar-refractivity contribution in [1.29, 1.82) is 0 Å². The predicted octanol–water partition coefficient (Wildman–Crippen LogP) is 2.86. The van der Waals surface area contributed by atoms with Crippen molar-refractivity contribution in [3.8, 4) is 11.1 Å². The third-order valence-corrected chi connectivity index (χ3v) is 7.30. The first kappa shape index (κ1) is 22.4. The summed E-state index contributed by atoms with van der Waals surface area (Å²) < 4.78 is 11.2. The van der Waals surface area contributed by atoms with Gasteiger partial charge >= 0.3 is 12.1 Å². The van der Waals surface area contributed by atoms with Crippen LogP contribution in [-0.2, 0) is 19.1 Å². The van der Waals surface area contributed by atoms with Crippen LogP contribution in [0, 0.1) is 11.8 Å². The molecule has 178 valence electrons. The van der Waals surface area contributed by atoms with Crippen LogP contribution in [0.25, 0.3) is 11.1 Å². The van der Waals surface area contributed by atoms with E-state index in [4.69, 9.17) is 14.6 Å². The molecule has 2 saturated heterocycles. The second-order valence-corrected chi connectivity index (χ2v) is 9.29. The predicted molar refractivity (Wildman–Crippen MR) is 123 cm³/mol. The summed E-state index contributed by atoms with van der Waals surface area (Å²) in [5.74, 6) is -1.66. The SMILES string of the molecule is CC(C(=O)O)C1CN(C(=O)[C@@H]2OCC[C@@H]2NC(=O)OCC2c3ccccc3-c3ccccc32)C1. The summed E-state index contributed by atoms with van der Waals surface area (Å²) in [6, 6.07) is 15.8. The van der Waals surface area contributed by atoms with Gasteiger partial charge in [0.25, 0.3) is 5.91 Å². The summed E-state index contributed by atoms with van der Waals surface area (Å²) >= 11 is 0. The molecule has 2 N–H and O–H groups in total. The number of carbonyl (C=O) groups is 3. The van der Waals surface area contributed by atoms with Gasteiger partial charge in [-0.05, 0) is 28.7 Å². The van der Waals surface area contributed by atoms with Crippen molar-refractivity contribution in [3.05, 3.63) is 59.7 Å². The third-order valence-electron chi connectivity index (χ3n) is 7.30. The summed E-state index contributed by atoms with van der Waals surface area (Å²) in [5.41, 5.74) is 4.59. The van der Waals surface area contributed by atoms with E-state index in [1.165, 1.54) is 0 Å². The Bertz CT molecular complexity index is 1070. The molecular formula is C26H28N2O6. The zero-order valence-electron chi connectivity index (χ0n) is 19.0. The number of ether oxygens (including phenoxy) is 2. The Morgan fingerprint density at radius 1 is 1.09 bits per heavy atom. The first-order valence-corrected chi connectivity index (χ1v) is 11.7. The zero-order valence-corrected chi connectivity index (χ0v) is 19.0. The van der Waals surface area contributed by atoms with E-state index in [-0.39, 0.29) is 24.3 Å². The van der Waals surface area contributed by atoms with Gasteiger partial charge in [-0.15, -0.1) is 0 Å². The molecule has 1 unspecified atom stereocenters. The van der Waals surface area contributed by atoms with Gasteiger partial charge in [0.15, 0.2) is 6.10 Å². The van der Waals surface area contributed by atoms with Crippen molar-refractivity contribution in [2.45, 2.75) is 31.4 Å². The van der Waals surface area contributed by atoms with Gasteiger partial charge in [0.2, 0.25) is 0 Å². The van der Waals surface area contributed by atoms with Gasteiger partial charge in [-0.2, -0.15) is 0 Å². The maximum absolute atomic E-state index is 12.9. The number of likely N-dealkylation sites (tertiary alicyclic amines) is 1. The first-order chi connectivity index (χ1) is 16.4. The molecule has 0 saturated carbocycles. The Morgan fingerprint density at radius 3 is 2.32 bits per heavy atom. The van der Waals surface area contributed by atoms with Crippen molar-refractivity contribution < 1.29 is 29.0 Å². The van der Waals surface area contributed by atoms with Crippen molar-refractivity contribution >= 4 is 18.0 Å². The molecule has 2 fully saturated rings. The summed E-state index contributed by atoms with van der Waals surface area (Å²) in [4.78, 5) is 38.2. The number of rotatable bonds is 6. The smallest absolute Gasteiger partial charge is 0.407 e. The van der Waals surface area contributed by atoms with E-state index in [1.54, 1.807) is 11.8 Å². The van der Waals surface area contributed by atoms with Crippen LogP contribution in [0.4, 0.5) is 4.79 Å². The largest absolute Gasteiger partial charge is 0.481 e. The van der Waals surface area contributed by atoms with E-state index < -0.39 is 30.1 Å². The lowest BCUT2D eigenvalue weighted by atomic mass is 9.86. The molecule has 2 aromatic carbocycles. The molecule has 0 spiro atoms. The number of nitrogens with one attached hydrogen (secondary N) is 1. The van der Waals surface area contributed by atoms with Gasteiger partial charge in [0, 0.05) is 31.5 Å². The summed E-state index contributed by atoms with van der Waals surface area (Å²) in [6.45, 7) is 3.01. The number of carboxylic acids is 1. The van der Waals surface area contributed by atoms with Crippen LogP contribution in [0.2, 0.25) is 0 Å². The normalized spacial score (nSPS) is 22.4. The van der Waals surface area contributed by atoms with Crippen LogP contribution in [0.1, 0.15) is 30.4 Å². The third kappa shape index (κ3) is 4.03. The minimum Gasteiger partial charge on any atom is -0.481 e. The first-order valence-electron chi connectivity index (χ1n) is 11.7. The van der Waals surface area contributed by atoms with E-state index in [2.05, 4.69) is 29.6 Å². The highest BCUT2D eigenvalue weighted by Gasteiger charge is 2.44. The van der Waals surface area contributed by atoms with Crippen molar-refractivity contribution in [2.24, 2.45) is 11.8 Å². The summed E-state index contributed by atoms with van der Waals surface area (Å²) in [5, 5.41) is 12.0. The van der Waals surface area contributed by atoms with Crippen LogP contribution >= 0.6 is 0 Å². The molecular weight excluding hydrogens is 436 g/mol. The molecule has 2 aromatic rings. The lowest BCUT2D eigenvalue weighted by molar-refractivity contribution is -0.155. The monoisotopic (exact) mass is 464 g/mol. The topological polar surface area (TPSA) is 105 Å². The average molecular weight is 465 g/mol. The Hall–Kier alpha value is -3.39. The van der Waals surface area contributed by atoms with Crippen LogP contribution in [0.5, 0.6) is 0 Å². The average Bonchev–Trinajstić information content (AvgIpc) is 3.39. The van der Waals surface area contributed by atoms with E-state index in [1.807, 2.05) is 24.3 Å². The highest BCUT2D eigenvalue weighted by molar-refractivity contribution is 5.84. The lowest BCUT2D eigenvalue weighted by Gasteiger charge is -2.42. The van der Waals surface area contributed by atoms with Gasteiger partial charge in [0.1, 0.15) is 6.61 Å². The highest BCUT2D eigenvalue weighted by Crippen LogP contribution is 2.44. The summed E-state index contributed by atoms with van der Waals surface area (Å²) in [6.07, 6.45) is -0.832. The number of hydrogen-bond donors (Lipinski definition) is 2. The Kier molecular flexibility index (Phi) is 6.00. The van der Waals surface area contributed by atoms with Crippen molar-refractivity contribution in [2.75, 3.05) is 26.3 Å². The molecule has 8 heteroatoms. The molecule has 0 radical (unpaired) electrons. The van der Waals surface area contributed by atoms with Crippen molar-refractivity contribution in [3.63, 3.8) is 0 Å². The van der Waals surface area contributed by atoms with Crippen LogP contribution in [0.3, 0.4) is 0 Å². The summed E-state index contributed by atoms with van der Waals surface area (Å²) in [7, 11) is 0. The van der Waals surface area contributed by atoms with Gasteiger partial charge in [-0.1, -0.05) is 55.5 Å². The van der Waals surface area contributed by atoms with Gasteiger partial charge in [-0.3, -0.25) is 9.59 Å². The molecule has 8 nitrogen and oxygen atoms in total. The number of hydrogen-bond acceptors (Lipinski definition) is 5. The Balaban J connectivity index is 1.17. The molecule has 2 aliphatic heterocycles. The van der Waals surface area contributed by atoms with Crippen molar-refractivity contribution in [1.82, 2.24) is 10.2 Å².